The molecule has 0 aliphatic rings. The zero-order valence-electron chi connectivity index (χ0n) is 10.0. The maximum atomic E-state index is 9.39. The van der Waals surface area contributed by atoms with Crippen LogP contribution in [-0.2, 0) is 0 Å². The third kappa shape index (κ3) is 4.94. The molecule has 1 atom stereocenters. The molecule has 0 bridgehead atoms. The Morgan fingerprint density at radius 1 is 1.29 bits per heavy atom. The highest BCUT2D eigenvalue weighted by Gasteiger charge is 2.06. The number of unbranched alkanes of at least 4 members (excludes halogenated alkanes) is 2. The summed E-state index contributed by atoms with van der Waals surface area (Å²) in [6.45, 7) is 2.51. The van der Waals surface area contributed by atoms with Crippen LogP contribution in [0.3, 0.4) is 0 Å². The molecule has 0 heterocycles. The maximum Gasteiger partial charge on any atom is 0.137 e. The standard InChI is InChI=1S/C13H19ClO3/c1-10(16)11-5-6-13(12(14)9-11)17-8-4-2-3-7-15/h5-6,9-10,15-16H,2-4,7-8H2,1H3/t10-/m1/s1. The first-order valence-electron chi connectivity index (χ1n) is 5.86. The van der Waals surface area contributed by atoms with Crippen molar-refractivity contribution in [3.63, 3.8) is 0 Å². The quantitative estimate of drug-likeness (QED) is 0.740. The lowest BCUT2D eigenvalue weighted by molar-refractivity contribution is 0.199. The van der Waals surface area contributed by atoms with E-state index in [-0.39, 0.29) is 6.61 Å². The van der Waals surface area contributed by atoms with Gasteiger partial charge in [-0.2, -0.15) is 0 Å². The Balaban J connectivity index is 2.43. The molecule has 0 spiro atoms. The third-order valence-corrected chi connectivity index (χ3v) is 2.79. The summed E-state index contributed by atoms with van der Waals surface area (Å²) in [4.78, 5) is 0. The summed E-state index contributed by atoms with van der Waals surface area (Å²) in [6.07, 6.45) is 2.12. The second-order valence-electron chi connectivity index (χ2n) is 4.00. The Kier molecular flexibility index (Phi) is 6.34. The van der Waals surface area contributed by atoms with E-state index < -0.39 is 6.10 Å². The topological polar surface area (TPSA) is 49.7 Å². The SMILES string of the molecule is C[C@@H](O)c1ccc(OCCCCCO)c(Cl)c1. The van der Waals surface area contributed by atoms with E-state index >= 15 is 0 Å². The summed E-state index contributed by atoms with van der Waals surface area (Å²) < 4.78 is 5.52. The number of aliphatic hydroxyl groups excluding tert-OH is 2. The number of hydrogen-bond acceptors (Lipinski definition) is 3. The van der Waals surface area contributed by atoms with E-state index in [0.29, 0.717) is 17.4 Å². The summed E-state index contributed by atoms with van der Waals surface area (Å²) in [5.41, 5.74) is 0.780. The van der Waals surface area contributed by atoms with Gasteiger partial charge in [0.1, 0.15) is 5.75 Å². The first-order valence-corrected chi connectivity index (χ1v) is 6.24. The minimum absolute atomic E-state index is 0.226. The van der Waals surface area contributed by atoms with Gasteiger partial charge in [-0.15, -0.1) is 0 Å². The van der Waals surface area contributed by atoms with Crippen molar-refractivity contribution in [2.45, 2.75) is 32.3 Å². The van der Waals surface area contributed by atoms with Gasteiger partial charge in [-0.3, -0.25) is 0 Å². The predicted molar refractivity (Wildman–Crippen MR) is 68.5 cm³/mol. The third-order valence-electron chi connectivity index (χ3n) is 2.50. The highest BCUT2D eigenvalue weighted by molar-refractivity contribution is 6.32. The second kappa shape index (κ2) is 7.54. The van der Waals surface area contributed by atoms with Crippen LogP contribution in [0.15, 0.2) is 18.2 Å². The number of aliphatic hydroxyl groups is 2. The van der Waals surface area contributed by atoms with Crippen LogP contribution < -0.4 is 4.74 Å². The van der Waals surface area contributed by atoms with Gasteiger partial charge < -0.3 is 14.9 Å². The van der Waals surface area contributed by atoms with Gasteiger partial charge in [0.2, 0.25) is 0 Å². The lowest BCUT2D eigenvalue weighted by Crippen LogP contribution is -1.99. The molecule has 0 amide bonds. The molecular formula is C13H19ClO3. The summed E-state index contributed by atoms with van der Waals surface area (Å²) in [6, 6.07) is 5.30. The molecule has 0 unspecified atom stereocenters. The first-order chi connectivity index (χ1) is 8.15. The highest BCUT2D eigenvalue weighted by atomic mass is 35.5. The maximum absolute atomic E-state index is 9.39. The fourth-order valence-electron chi connectivity index (χ4n) is 1.47. The second-order valence-corrected chi connectivity index (χ2v) is 4.41. The average Bonchev–Trinajstić information content (AvgIpc) is 2.30. The van der Waals surface area contributed by atoms with E-state index in [2.05, 4.69) is 0 Å². The van der Waals surface area contributed by atoms with Gasteiger partial charge in [0.15, 0.2) is 0 Å². The van der Waals surface area contributed by atoms with Crippen molar-refractivity contribution in [1.82, 2.24) is 0 Å². The molecule has 2 N–H and O–H groups in total. The lowest BCUT2D eigenvalue weighted by Gasteiger charge is -2.10. The summed E-state index contributed by atoms with van der Waals surface area (Å²) in [5.74, 6) is 0.639. The molecule has 0 radical (unpaired) electrons. The number of ether oxygens (including phenoxy) is 1. The van der Waals surface area contributed by atoms with Crippen molar-refractivity contribution in [1.29, 1.82) is 0 Å². The number of benzene rings is 1. The summed E-state index contributed by atoms with van der Waals surface area (Å²) in [5, 5.41) is 18.5. The molecule has 1 rings (SSSR count). The molecule has 17 heavy (non-hydrogen) atoms. The van der Waals surface area contributed by atoms with Gasteiger partial charge in [0, 0.05) is 6.61 Å². The molecule has 0 fully saturated rings. The van der Waals surface area contributed by atoms with Gasteiger partial charge >= 0.3 is 0 Å². The molecule has 96 valence electrons. The van der Waals surface area contributed by atoms with Gasteiger partial charge in [-0.05, 0) is 43.9 Å². The molecule has 0 saturated heterocycles. The normalized spacial score (nSPS) is 12.5. The predicted octanol–water partition coefficient (Wildman–Crippen LogP) is 2.93. The van der Waals surface area contributed by atoms with Crippen LogP contribution in [0, 0.1) is 0 Å². The Morgan fingerprint density at radius 3 is 2.65 bits per heavy atom. The van der Waals surface area contributed by atoms with Crippen LogP contribution in [0.5, 0.6) is 5.75 Å². The van der Waals surface area contributed by atoms with E-state index in [1.165, 1.54) is 0 Å². The minimum Gasteiger partial charge on any atom is -0.492 e. The summed E-state index contributed by atoms with van der Waals surface area (Å²) in [7, 11) is 0. The van der Waals surface area contributed by atoms with E-state index in [9.17, 15) is 5.11 Å². The Hall–Kier alpha value is -0.770. The molecule has 1 aromatic rings. The van der Waals surface area contributed by atoms with Crippen LogP contribution in [-0.4, -0.2) is 23.4 Å². The molecule has 0 aliphatic heterocycles. The minimum atomic E-state index is -0.522. The van der Waals surface area contributed by atoms with E-state index in [1.807, 2.05) is 0 Å². The fraction of sp³-hybridized carbons (Fsp3) is 0.538. The zero-order chi connectivity index (χ0) is 12.7. The van der Waals surface area contributed by atoms with Crippen molar-refractivity contribution in [3.05, 3.63) is 28.8 Å². The van der Waals surface area contributed by atoms with Crippen LogP contribution in [0.1, 0.15) is 37.9 Å². The van der Waals surface area contributed by atoms with Gasteiger partial charge in [0.25, 0.3) is 0 Å². The molecule has 3 nitrogen and oxygen atoms in total. The molecule has 1 aromatic carbocycles. The lowest BCUT2D eigenvalue weighted by atomic mass is 10.1. The van der Waals surface area contributed by atoms with E-state index in [4.69, 9.17) is 21.4 Å². The van der Waals surface area contributed by atoms with Crippen molar-refractivity contribution in [3.8, 4) is 5.75 Å². The highest BCUT2D eigenvalue weighted by Crippen LogP contribution is 2.28. The van der Waals surface area contributed by atoms with Crippen LogP contribution in [0.25, 0.3) is 0 Å². The van der Waals surface area contributed by atoms with Crippen molar-refractivity contribution >= 4 is 11.6 Å². The number of hydrogen-bond donors (Lipinski definition) is 2. The first kappa shape index (κ1) is 14.3. The Morgan fingerprint density at radius 2 is 2.06 bits per heavy atom. The van der Waals surface area contributed by atoms with Crippen molar-refractivity contribution < 1.29 is 14.9 Å². The van der Waals surface area contributed by atoms with Gasteiger partial charge in [-0.1, -0.05) is 17.7 Å². The Bertz CT molecular complexity index is 339. The largest absolute Gasteiger partial charge is 0.492 e. The number of halogens is 1. The van der Waals surface area contributed by atoms with E-state index in [1.54, 1.807) is 25.1 Å². The summed E-state index contributed by atoms with van der Waals surface area (Å²) >= 11 is 6.04. The molecule has 0 aromatic heterocycles. The fourth-order valence-corrected chi connectivity index (χ4v) is 1.71. The molecule has 0 saturated carbocycles. The van der Waals surface area contributed by atoms with E-state index in [0.717, 1.165) is 24.8 Å². The number of rotatable bonds is 7. The molecule has 0 aliphatic carbocycles. The van der Waals surface area contributed by atoms with Crippen LogP contribution >= 0.6 is 11.6 Å². The van der Waals surface area contributed by atoms with Crippen molar-refractivity contribution in [2.75, 3.05) is 13.2 Å². The zero-order valence-corrected chi connectivity index (χ0v) is 10.8. The average molecular weight is 259 g/mol. The van der Waals surface area contributed by atoms with Crippen LogP contribution in [0.2, 0.25) is 5.02 Å². The van der Waals surface area contributed by atoms with Gasteiger partial charge in [-0.25, -0.2) is 0 Å². The Labute approximate surface area is 107 Å². The monoisotopic (exact) mass is 258 g/mol. The van der Waals surface area contributed by atoms with Crippen LogP contribution in [0.4, 0.5) is 0 Å². The van der Waals surface area contributed by atoms with Gasteiger partial charge in [0.05, 0.1) is 17.7 Å². The molecular weight excluding hydrogens is 240 g/mol. The van der Waals surface area contributed by atoms with Crippen molar-refractivity contribution in [2.24, 2.45) is 0 Å². The smallest absolute Gasteiger partial charge is 0.137 e. The molecule has 4 heteroatoms.